The highest BCUT2D eigenvalue weighted by Gasteiger charge is 2.35. The second-order valence-electron chi connectivity index (χ2n) is 7.09. The third-order valence-electron chi connectivity index (χ3n) is 5.10. The van der Waals surface area contributed by atoms with Crippen molar-refractivity contribution in [1.29, 1.82) is 0 Å². The van der Waals surface area contributed by atoms with Crippen molar-refractivity contribution in [1.82, 2.24) is 5.32 Å². The van der Waals surface area contributed by atoms with Crippen LogP contribution >= 0.6 is 0 Å². The van der Waals surface area contributed by atoms with Crippen LogP contribution in [0, 0.1) is 0 Å². The molecule has 1 atom stereocenters. The molecule has 6 heteroatoms. The number of amides is 2. The van der Waals surface area contributed by atoms with Crippen molar-refractivity contribution in [2.24, 2.45) is 5.73 Å². The summed E-state index contributed by atoms with van der Waals surface area (Å²) in [6, 6.07) is 22.6. The van der Waals surface area contributed by atoms with Gasteiger partial charge in [-0.1, -0.05) is 66.7 Å². The maximum absolute atomic E-state index is 13.4. The highest BCUT2D eigenvalue weighted by Crippen LogP contribution is 2.43. The van der Waals surface area contributed by atoms with Crippen LogP contribution in [-0.4, -0.2) is 23.6 Å². The smallest absolute Gasteiger partial charge is 0.287 e. The fourth-order valence-corrected chi connectivity index (χ4v) is 3.68. The lowest BCUT2D eigenvalue weighted by atomic mass is 9.86. The Morgan fingerprint density at radius 3 is 1.93 bits per heavy atom. The van der Waals surface area contributed by atoms with Crippen molar-refractivity contribution >= 4 is 17.6 Å². The number of benzene rings is 3. The van der Waals surface area contributed by atoms with Crippen molar-refractivity contribution in [3.05, 3.63) is 95.6 Å². The number of ketones is 1. The zero-order valence-electron chi connectivity index (χ0n) is 16.1. The van der Waals surface area contributed by atoms with E-state index in [9.17, 15) is 14.4 Å². The fraction of sp³-hybridized carbons (Fsp3) is 0.125. The molecule has 0 fully saturated rings. The number of para-hydroxylation sites is 2. The molecule has 0 bridgehead atoms. The minimum Gasteiger partial charge on any atom is -0.457 e. The molecule has 1 aliphatic heterocycles. The zero-order valence-corrected chi connectivity index (χ0v) is 16.1. The highest BCUT2D eigenvalue weighted by atomic mass is 16.5. The lowest BCUT2D eigenvalue weighted by molar-refractivity contribution is -0.138. The van der Waals surface area contributed by atoms with Crippen LogP contribution in [0.5, 0.6) is 11.5 Å². The van der Waals surface area contributed by atoms with E-state index in [1.54, 1.807) is 12.1 Å². The number of rotatable bonds is 6. The molecule has 0 radical (unpaired) electrons. The quantitative estimate of drug-likeness (QED) is 0.622. The Morgan fingerprint density at radius 2 is 1.37 bits per heavy atom. The van der Waals surface area contributed by atoms with Gasteiger partial charge in [-0.3, -0.25) is 14.4 Å². The molecule has 0 saturated carbocycles. The SMILES string of the molecule is NC(=O)C(=O)C(Cc1ccccc1)NC(=O)C1c2ccccc2Oc2ccccc21. The van der Waals surface area contributed by atoms with Crippen LogP contribution in [0.2, 0.25) is 0 Å². The summed E-state index contributed by atoms with van der Waals surface area (Å²) in [6.45, 7) is 0. The molecule has 30 heavy (non-hydrogen) atoms. The van der Waals surface area contributed by atoms with Gasteiger partial charge in [0.15, 0.2) is 0 Å². The van der Waals surface area contributed by atoms with E-state index in [1.165, 1.54) is 0 Å². The fourth-order valence-electron chi connectivity index (χ4n) is 3.68. The number of ether oxygens (including phenoxy) is 1. The number of nitrogens with one attached hydrogen (secondary N) is 1. The molecular weight excluding hydrogens is 380 g/mol. The Labute approximate surface area is 173 Å². The Morgan fingerprint density at radius 1 is 0.833 bits per heavy atom. The molecule has 3 N–H and O–H groups in total. The maximum Gasteiger partial charge on any atom is 0.287 e. The first-order valence-electron chi connectivity index (χ1n) is 9.58. The van der Waals surface area contributed by atoms with Gasteiger partial charge in [0.25, 0.3) is 5.91 Å². The van der Waals surface area contributed by atoms with Crippen molar-refractivity contribution in [3.8, 4) is 11.5 Å². The molecule has 6 nitrogen and oxygen atoms in total. The number of carbonyl (C=O) groups is 3. The topological polar surface area (TPSA) is 98.5 Å². The summed E-state index contributed by atoms with van der Waals surface area (Å²) < 4.78 is 5.92. The van der Waals surface area contributed by atoms with Crippen LogP contribution in [0.4, 0.5) is 0 Å². The summed E-state index contributed by atoms with van der Waals surface area (Å²) in [4.78, 5) is 37.4. The first kappa shape index (κ1) is 19.4. The summed E-state index contributed by atoms with van der Waals surface area (Å²) >= 11 is 0. The number of hydrogen-bond donors (Lipinski definition) is 2. The number of nitrogens with two attached hydrogens (primary N) is 1. The Balaban J connectivity index is 1.67. The number of primary amides is 1. The predicted molar refractivity (Wildman–Crippen MR) is 111 cm³/mol. The minimum absolute atomic E-state index is 0.168. The Kier molecular flexibility index (Phi) is 5.30. The van der Waals surface area contributed by atoms with Gasteiger partial charge in [0.05, 0.1) is 5.92 Å². The molecule has 150 valence electrons. The van der Waals surface area contributed by atoms with Crippen molar-refractivity contribution in [2.75, 3.05) is 0 Å². The summed E-state index contributed by atoms with van der Waals surface area (Å²) in [5, 5.41) is 2.75. The summed E-state index contributed by atoms with van der Waals surface area (Å²) in [5.74, 6) is -1.82. The van der Waals surface area contributed by atoms with Gasteiger partial charge in [-0.25, -0.2) is 0 Å². The zero-order chi connectivity index (χ0) is 21.1. The molecule has 0 aliphatic carbocycles. The molecule has 3 aromatic carbocycles. The van der Waals surface area contributed by atoms with Crippen LogP contribution in [0.1, 0.15) is 22.6 Å². The second-order valence-corrected chi connectivity index (χ2v) is 7.09. The van der Waals surface area contributed by atoms with E-state index in [1.807, 2.05) is 66.7 Å². The minimum atomic E-state index is -1.08. The Hall–Kier alpha value is -3.93. The molecule has 1 unspecified atom stereocenters. The van der Waals surface area contributed by atoms with Gasteiger partial charge in [0.2, 0.25) is 11.7 Å². The molecule has 0 spiro atoms. The lowest BCUT2D eigenvalue weighted by Crippen LogP contribution is -2.49. The highest BCUT2D eigenvalue weighted by molar-refractivity contribution is 6.38. The van der Waals surface area contributed by atoms with Crippen LogP contribution in [0.25, 0.3) is 0 Å². The van der Waals surface area contributed by atoms with Crippen molar-refractivity contribution in [3.63, 3.8) is 0 Å². The number of fused-ring (bicyclic) bond motifs is 2. The molecule has 1 heterocycles. The first-order chi connectivity index (χ1) is 14.5. The van der Waals surface area contributed by atoms with E-state index in [2.05, 4.69) is 5.32 Å². The third kappa shape index (κ3) is 3.80. The molecule has 3 aromatic rings. The van der Waals surface area contributed by atoms with Gasteiger partial charge in [-0.15, -0.1) is 0 Å². The average molecular weight is 400 g/mol. The van der Waals surface area contributed by atoms with Gasteiger partial charge in [-0.2, -0.15) is 0 Å². The predicted octanol–water partition coefficient (Wildman–Crippen LogP) is 2.71. The van der Waals surface area contributed by atoms with Crippen LogP contribution < -0.4 is 15.8 Å². The van der Waals surface area contributed by atoms with E-state index >= 15 is 0 Å². The normalized spacial score (nSPS) is 13.3. The maximum atomic E-state index is 13.4. The standard InChI is InChI=1S/C24H20N2O4/c25-23(28)22(27)18(14-15-8-2-1-3-9-15)26-24(29)21-16-10-4-6-12-19(16)30-20-13-7-5-11-17(20)21/h1-13,18,21H,14H2,(H2,25,28)(H,26,29). The monoisotopic (exact) mass is 400 g/mol. The molecule has 0 saturated heterocycles. The molecule has 4 rings (SSSR count). The third-order valence-corrected chi connectivity index (χ3v) is 5.10. The van der Waals surface area contributed by atoms with E-state index < -0.39 is 29.6 Å². The Bertz CT molecular complexity index is 1070. The van der Waals surface area contributed by atoms with E-state index in [0.29, 0.717) is 22.6 Å². The summed E-state index contributed by atoms with van der Waals surface area (Å²) in [5.41, 5.74) is 7.43. The second kappa shape index (κ2) is 8.21. The molecular formula is C24H20N2O4. The number of hydrogen-bond acceptors (Lipinski definition) is 4. The number of carbonyl (C=O) groups excluding carboxylic acids is 3. The molecule has 1 aliphatic rings. The van der Waals surface area contributed by atoms with Crippen molar-refractivity contribution < 1.29 is 19.1 Å². The van der Waals surface area contributed by atoms with Gasteiger partial charge in [0.1, 0.15) is 17.5 Å². The van der Waals surface area contributed by atoms with Gasteiger partial charge in [0, 0.05) is 17.5 Å². The van der Waals surface area contributed by atoms with Crippen LogP contribution in [0.3, 0.4) is 0 Å². The van der Waals surface area contributed by atoms with Gasteiger partial charge < -0.3 is 15.8 Å². The largest absolute Gasteiger partial charge is 0.457 e. The lowest BCUT2D eigenvalue weighted by Gasteiger charge is -2.28. The first-order valence-corrected chi connectivity index (χ1v) is 9.58. The van der Waals surface area contributed by atoms with Crippen LogP contribution in [0.15, 0.2) is 78.9 Å². The molecule has 2 amide bonds. The van der Waals surface area contributed by atoms with E-state index in [-0.39, 0.29) is 6.42 Å². The van der Waals surface area contributed by atoms with E-state index in [4.69, 9.17) is 10.5 Å². The van der Waals surface area contributed by atoms with Gasteiger partial charge >= 0.3 is 0 Å². The van der Waals surface area contributed by atoms with Crippen LogP contribution in [-0.2, 0) is 20.8 Å². The van der Waals surface area contributed by atoms with Crippen molar-refractivity contribution in [2.45, 2.75) is 18.4 Å². The molecule has 0 aromatic heterocycles. The summed E-state index contributed by atoms with van der Waals surface area (Å²) in [6.07, 6.45) is 0.168. The number of Topliss-reactive ketones (excluding diaryl/α,β-unsaturated/α-hetero) is 1. The van der Waals surface area contributed by atoms with Gasteiger partial charge in [-0.05, 0) is 17.7 Å². The van der Waals surface area contributed by atoms with E-state index in [0.717, 1.165) is 5.56 Å². The average Bonchev–Trinajstić information content (AvgIpc) is 2.77. The summed E-state index contributed by atoms with van der Waals surface area (Å²) in [7, 11) is 0.